The van der Waals surface area contributed by atoms with Gasteiger partial charge < -0.3 is 14.2 Å². The van der Waals surface area contributed by atoms with Crippen molar-refractivity contribution in [2.24, 2.45) is 0 Å². The molecule has 1 aliphatic rings. The zero-order chi connectivity index (χ0) is 14.0. The Morgan fingerprint density at radius 1 is 1.26 bits per heavy atom. The number of ether oxygens (including phenoxy) is 3. The average Bonchev–Trinajstić information content (AvgIpc) is 3.03. The van der Waals surface area contributed by atoms with E-state index < -0.39 is 0 Å². The fourth-order valence-corrected chi connectivity index (χ4v) is 1.59. The van der Waals surface area contributed by atoms with Gasteiger partial charge in [0.05, 0.1) is 18.4 Å². The van der Waals surface area contributed by atoms with Crippen LogP contribution in [-0.2, 0) is 0 Å². The van der Waals surface area contributed by atoms with Crippen molar-refractivity contribution in [2.75, 3.05) is 0 Å². The first-order chi connectivity index (χ1) is 8.83. The number of hydrogen-bond acceptors (Lipinski definition) is 4. The van der Waals surface area contributed by atoms with Gasteiger partial charge in [-0.25, -0.2) is 4.98 Å². The maximum absolute atomic E-state index is 5.84. The van der Waals surface area contributed by atoms with Crippen LogP contribution in [0.15, 0.2) is 12.3 Å². The summed E-state index contributed by atoms with van der Waals surface area (Å²) in [5.41, 5.74) is -0.251. The van der Waals surface area contributed by atoms with Gasteiger partial charge in [0, 0.05) is 6.07 Å². The predicted octanol–water partition coefficient (Wildman–Crippen LogP) is 3.59. The fraction of sp³-hybridized carbons (Fsp3) is 0.667. The Kier molecular flexibility index (Phi) is 3.88. The lowest BCUT2D eigenvalue weighted by Crippen LogP contribution is -2.23. The summed E-state index contributed by atoms with van der Waals surface area (Å²) in [5, 5.41) is 0. The van der Waals surface area contributed by atoms with Crippen LogP contribution in [-0.4, -0.2) is 22.8 Å². The maximum Gasteiger partial charge on any atom is 0.257 e. The van der Waals surface area contributed by atoms with Crippen LogP contribution in [0.1, 0.15) is 47.5 Å². The molecule has 0 aliphatic heterocycles. The summed E-state index contributed by atoms with van der Waals surface area (Å²) < 4.78 is 17.3. The van der Waals surface area contributed by atoms with Gasteiger partial charge in [0.2, 0.25) is 0 Å². The lowest BCUT2D eigenvalue weighted by molar-refractivity contribution is 0.128. The molecule has 1 fully saturated rings. The van der Waals surface area contributed by atoms with E-state index in [1.54, 1.807) is 6.20 Å². The highest BCUT2D eigenvalue weighted by Crippen LogP contribution is 2.35. The Labute approximate surface area is 115 Å². The second-order valence-corrected chi connectivity index (χ2v) is 6.17. The van der Waals surface area contributed by atoms with Gasteiger partial charge in [-0.2, -0.15) is 0 Å². The first-order valence-corrected chi connectivity index (χ1v) is 6.86. The molecule has 0 radical (unpaired) electrons. The molecule has 0 saturated heterocycles. The number of hydrogen-bond donors (Lipinski definition) is 0. The Morgan fingerprint density at radius 3 is 2.47 bits per heavy atom. The predicted molar refractivity (Wildman–Crippen MR) is 74.0 cm³/mol. The average molecular weight is 265 g/mol. The van der Waals surface area contributed by atoms with Gasteiger partial charge in [-0.1, -0.05) is 0 Å². The number of aromatic nitrogens is 1. The number of nitrogens with zero attached hydrogens (tertiary/aromatic N) is 1. The van der Waals surface area contributed by atoms with Gasteiger partial charge >= 0.3 is 0 Å². The van der Waals surface area contributed by atoms with Gasteiger partial charge in [-0.15, -0.1) is 0 Å². The lowest BCUT2D eigenvalue weighted by Gasteiger charge is -2.22. The first kappa shape index (κ1) is 14.0. The molecule has 4 heteroatoms. The second-order valence-electron chi connectivity index (χ2n) is 6.17. The summed E-state index contributed by atoms with van der Waals surface area (Å²) in [7, 11) is 0. The van der Waals surface area contributed by atoms with Gasteiger partial charge in [0.15, 0.2) is 5.75 Å². The molecule has 0 atom stereocenters. The monoisotopic (exact) mass is 265 g/mol. The third-order valence-electron chi connectivity index (χ3n) is 2.38. The van der Waals surface area contributed by atoms with Crippen molar-refractivity contribution in [1.82, 2.24) is 4.98 Å². The molecule has 2 rings (SSSR count). The van der Waals surface area contributed by atoms with Crippen LogP contribution < -0.4 is 14.2 Å². The Balaban J connectivity index is 2.19. The minimum absolute atomic E-state index is 0.0726. The minimum Gasteiger partial charge on any atom is -0.486 e. The third kappa shape index (κ3) is 4.62. The van der Waals surface area contributed by atoms with Crippen molar-refractivity contribution in [3.8, 4) is 17.4 Å². The highest BCUT2D eigenvalue weighted by molar-refractivity contribution is 5.40. The van der Waals surface area contributed by atoms with E-state index in [0.29, 0.717) is 23.5 Å². The molecule has 0 aromatic carbocycles. The normalized spacial score (nSPS) is 15.5. The lowest BCUT2D eigenvalue weighted by atomic mass is 10.2. The highest BCUT2D eigenvalue weighted by Gasteiger charge is 2.26. The van der Waals surface area contributed by atoms with Crippen molar-refractivity contribution >= 4 is 0 Å². The Bertz CT molecular complexity index is 434. The van der Waals surface area contributed by atoms with E-state index in [1.165, 1.54) is 0 Å². The van der Waals surface area contributed by atoms with Crippen LogP contribution in [0.25, 0.3) is 0 Å². The maximum atomic E-state index is 5.84. The summed E-state index contributed by atoms with van der Waals surface area (Å²) >= 11 is 0. The molecule has 106 valence electrons. The molecule has 1 saturated carbocycles. The van der Waals surface area contributed by atoms with E-state index in [1.807, 2.05) is 40.7 Å². The van der Waals surface area contributed by atoms with Crippen molar-refractivity contribution in [3.05, 3.63) is 12.3 Å². The standard InChI is InChI=1S/C15H23NO3/c1-10(2)17-14-13(18-11-6-7-11)8-12(9-16-14)19-15(3,4)5/h8-11H,6-7H2,1-5H3. The van der Waals surface area contributed by atoms with E-state index in [-0.39, 0.29) is 11.7 Å². The van der Waals surface area contributed by atoms with Crippen LogP contribution in [0.5, 0.6) is 17.4 Å². The van der Waals surface area contributed by atoms with E-state index in [0.717, 1.165) is 12.8 Å². The third-order valence-corrected chi connectivity index (χ3v) is 2.38. The summed E-state index contributed by atoms with van der Waals surface area (Å²) in [4.78, 5) is 4.31. The first-order valence-electron chi connectivity index (χ1n) is 6.86. The molecule has 1 aromatic rings. The highest BCUT2D eigenvalue weighted by atomic mass is 16.5. The smallest absolute Gasteiger partial charge is 0.257 e. The molecule has 1 aliphatic carbocycles. The van der Waals surface area contributed by atoms with Crippen molar-refractivity contribution < 1.29 is 14.2 Å². The van der Waals surface area contributed by atoms with Gasteiger partial charge in [-0.05, 0) is 47.5 Å². The molecule has 1 aromatic heterocycles. The fourth-order valence-electron chi connectivity index (χ4n) is 1.59. The van der Waals surface area contributed by atoms with Crippen molar-refractivity contribution in [3.63, 3.8) is 0 Å². The van der Waals surface area contributed by atoms with E-state index in [9.17, 15) is 0 Å². The zero-order valence-corrected chi connectivity index (χ0v) is 12.4. The molecule has 0 bridgehead atoms. The Morgan fingerprint density at radius 2 is 1.95 bits per heavy atom. The molecular formula is C15H23NO3. The van der Waals surface area contributed by atoms with Crippen LogP contribution >= 0.6 is 0 Å². The second kappa shape index (κ2) is 5.27. The van der Waals surface area contributed by atoms with E-state index in [4.69, 9.17) is 14.2 Å². The van der Waals surface area contributed by atoms with Crippen molar-refractivity contribution in [2.45, 2.75) is 65.3 Å². The SMILES string of the molecule is CC(C)Oc1ncc(OC(C)(C)C)cc1OC1CC1. The van der Waals surface area contributed by atoms with E-state index >= 15 is 0 Å². The topological polar surface area (TPSA) is 40.6 Å². The van der Waals surface area contributed by atoms with Crippen molar-refractivity contribution in [1.29, 1.82) is 0 Å². The van der Waals surface area contributed by atoms with Gasteiger partial charge in [-0.3, -0.25) is 0 Å². The largest absolute Gasteiger partial charge is 0.486 e. The van der Waals surface area contributed by atoms with Crippen LogP contribution in [0.2, 0.25) is 0 Å². The summed E-state index contributed by atoms with van der Waals surface area (Å²) in [5.74, 6) is 1.93. The summed E-state index contributed by atoms with van der Waals surface area (Å²) in [6, 6.07) is 1.87. The molecule has 4 nitrogen and oxygen atoms in total. The molecule has 0 spiro atoms. The van der Waals surface area contributed by atoms with E-state index in [2.05, 4.69) is 4.98 Å². The number of rotatable bonds is 5. The van der Waals surface area contributed by atoms with Crippen LogP contribution in [0.4, 0.5) is 0 Å². The summed E-state index contributed by atoms with van der Waals surface area (Å²) in [6.07, 6.45) is 4.27. The molecule has 0 unspecified atom stereocenters. The quantitative estimate of drug-likeness (QED) is 0.815. The van der Waals surface area contributed by atoms with Crippen LogP contribution in [0, 0.1) is 0 Å². The molecule has 0 amide bonds. The van der Waals surface area contributed by atoms with Gasteiger partial charge in [0.25, 0.3) is 5.88 Å². The Hall–Kier alpha value is -1.45. The zero-order valence-electron chi connectivity index (χ0n) is 12.4. The van der Waals surface area contributed by atoms with Gasteiger partial charge in [0.1, 0.15) is 11.4 Å². The number of pyridine rings is 1. The minimum atomic E-state index is -0.251. The van der Waals surface area contributed by atoms with Crippen LogP contribution in [0.3, 0.4) is 0 Å². The molecule has 19 heavy (non-hydrogen) atoms. The molecule has 0 N–H and O–H groups in total. The molecular weight excluding hydrogens is 242 g/mol. The summed E-state index contributed by atoms with van der Waals surface area (Å²) in [6.45, 7) is 9.97. The molecule has 1 heterocycles.